The molecule has 22 heavy (non-hydrogen) atoms. The number of rotatable bonds is 4. The van der Waals surface area contributed by atoms with Crippen molar-refractivity contribution in [1.82, 2.24) is 0 Å². The van der Waals surface area contributed by atoms with Gasteiger partial charge in [-0.05, 0) is 24.3 Å². The number of hydrogen-bond donors (Lipinski definition) is 0. The fourth-order valence-corrected chi connectivity index (χ4v) is 2.80. The van der Waals surface area contributed by atoms with Gasteiger partial charge in [0.05, 0.1) is 18.8 Å². The summed E-state index contributed by atoms with van der Waals surface area (Å²) in [5, 5.41) is 0. The predicted molar refractivity (Wildman–Crippen MR) is 91.6 cm³/mol. The largest absolute Gasteiger partial charge is 0.378 e. The van der Waals surface area contributed by atoms with Crippen molar-refractivity contribution in [2.45, 2.75) is 0 Å². The van der Waals surface area contributed by atoms with E-state index in [-0.39, 0.29) is 0 Å². The predicted octanol–water partition coefficient (Wildman–Crippen LogP) is 3.22. The Balaban J connectivity index is 2.02. The van der Waals surface area contributed by atoms with Crippen LogP contribution in [0.25, 0.3) is 23.5 Å². The molecule has 3 heteroatoms. The maximum Gasteiger partial charge on any atom is 0.218 e. The van der Waals surface area contributed by atoms with Crippen molar-refractivity contribution in [3.63, 3.8) is 0 Å². The number of benzene rings is 1. The van der Waals surface area contributed by atoms with Crippen molar-refractivity contribution < 1.29 is 9.30 Å². The molecule has 0 atom stereocenters. The number of aromatic nitrogens is 1. The van der Waals surface area contributed by atoms with E-state index in [0.717, 1.165) is 43.1 Å². The van der Waals surface area contributed by atoms with Crippen LogP contribution in [0.4, 0.5) is 5.69 Å². The second kappa shape index (κ2) is 6.58. The Bertz CT molecular complexity index is 688. The normalized spacial score (nSPS) is 14.6. The molecule has 0 saturated carbocycles. The molecule has 1 saturated heterocycles. The monoisotopic (exact) mass is 293 g/mol. The Morgan fingerprint density at radius 2 is 1.82 bits per heavy atom. The molecule has 0 amide bonds. The third kappa shape index (κ3) is 2.81. The Hall–Kier alpha value is -2.39. The topological polar surface area (TPSA) is 16.4 Å². The third-order valence-electron chi connectivity index (χ3n) is 3.99. The van der Waals surface area contributed by atoms with Gasteiger partial charge in [0.1, 0.15) is 5.69 Å². The zero-order valence-corrected chi connectivity index (χ0v) is 12.7. The Kier molecular flexibility index (Phi) is 4.35. The van der Waals surface area contributed by atoms with Gasteiger partial charge in [0.25, 0.3) is 0 Å². The van der Waals surface area contributed by atoms with Gasteiger partial charge in [-0.15, -0.1) is 0 Å². The SMILES string of the molecule is C=Cc1ccccc1-c1ccc(N2CCOCC2)c[n+]1C=C. The van der Waals surface area contributed by atoms with Gasteiger partial charge >= 0.3 is 0 Å². The zero-order valence-electron chi connectivity index (χ0n) is 12.7. The second-order valence-corrected chi connectivity index (χ2v) is 5.25. The number of anilines is 1. The molecule has 2 heterocycles. The van der Waals surface area contributed by atoms with Crippen LogP contribution in [0.1, 0.15) is 5.56 Å². The molecule has 0 N–H and O–H groups in total. The van der Waals surface area contributed by atoms with E-state index in [0.29, 0.717) is 0 Å². The number of nitrogens with zero attached hydrogens (tertiary/aromatic N) is 2. The lowest BCUT2D eigenvalue weighted by atomic mass is 10.0. The van der Waals surface area contributed by atoms with Crippen molar-refractivity contribution in [3.8, 4) is 11.3 Å². The number of hydrogen-bond acceptors (Lipinski definition) is 2. The molecule has 0 radical (unpaired) electrons. The van der Waals surface area contributed by atoms with Crippen LogP contribution in [-0.4, -0.2) is 26.3 Å². The quantitative estimate of drug-likeness (QED) is 0.805. The molecule has 1 fully saturated rings. The molecule has 1 aliphatic rings. The molecule has 3 nitrogen and oxygen atoms in total. The van der Waals surface area contributed by atoms with E-state index in [9.17, 15) is 0 Å². The number of pyridine rings is 1. The van der Waals surface area contributed by atoms with E-state index in [4.69, 9.17) is 4.74 Å². The molecule has 0 bridgehead atoms. The molecule has 1 aromatic carbocycles. The summed E-state index contributed by atoms with van der Waals surface area (Å²) in [7, 11) is 0. The Morgan fingerprint density at radius 1 is 1.05 bits per heavy atom. The highest BCUT2D eigenvalue weighted by molar-refractivity contribution is 5.71. The van der Waals surface area contributed by atoms with Gasteiger partial charge in [-0.2, -0.15) is 4.57 Å². The minimum atomic E-state index is 0.787. The molecule has 1 aromatic heterocycles. The first kappa shape index (κ1) is 14.5. The molecular weight excluding hydrogens is 272 g/mol. The molecule has 0 aliphatic carbocycles. The van der Waals surface area contributed by atoms with Crippen molar-refractivity contribution in [1.29, 1.82) is 0 Å². The highest BCUT2D eigenvalue weighted by atomic mass is 16.5. The molecule has 0 unspecified atom stereocenters. The van der Waals surface area contributed by atoms with Crippen LogP contribution >= 0.6 is 0 Å². The first-order valence-electron chi connectivity index (χ1n) is 7.56. The summed E-state index contributed by atoms with van der Waals surface area (Å²) in [6.45, 7) is 11.3. The van der Waals surface area contributed by atoms with Crippen LogP contribution in [0.15, 0.2) is 55.8 Å². The second-order valence-electron chi connectivity index (χ2n) is 5.25. The summed E-state index contributed by atoms with van der Waals surface area (Å²) in [4.78, 5) is 2.34. The van der Waals surface area contributed by atoms with E-state index in [1.54, 1.807) is 0 Å². The summed E-state index contributed by atoms with van der Waals surface area (Å²) in [6, 6.07) is 12.6. The van der Waals surface area contributed by atoms with Gasteiger partial charge in [0, 0.05) is 19.2 Å². The molecule has 3 rings (SSSR count). The van der Waals surface area contributed by atoms with Gasteiger partial charge < -0.3 is 9.64 Å². The summed E-state index contributed by atoms with van der Waals surface area (Å²) in [5.74, 6) is 0. The van der Waals surface area contributed by atoms with Gasteiger partial charge in [-0.25, -0.2) is 0 Å². The van der Waals surface area contributed by atoms with Crippen LogP contribution in [0.5, 0.6) is 0 Å². The number of morpholine rings is 1. The lowest BCUT2D eigenvalue weighted by Crippen LogP contribution is -2.38. The standard InChI is InChI=1S/C19H21N2O/c1-3-16-7-5-6-8-18(16)19-10-9-17(15-20(19)4-2)21-11-13-22-14-12-21/h3-10,15H,1-2,11-14H2/q+1. The lowest BCUT2D eigenvalue weighted by Gasteiger charge is -2.27. The summed E-state index contributed by atoms with van der Waals surface area (Å²) < 4.78 is 7.50. The average molecular weight is 293 g/mol. The van der Waals surface area contributed by atoms with Crippen molar-refractivity contribution >= 4 is 18.0 Å². The van der Waals surface area contributed by atoms with Crippen LogP contribution in [0.2, 0.25) is 0 Å². The highest BCUT2D eigenvalue weighted by Crippen LogP contribution is 2.24. The third-order valence-corrected chi connectivity index (χ3v) is 3.99. The smallest absolute Gasteiger partial charge is 0.218 e. The molecule has 1 aliphatic heterocycles. The minimum absolute atomic E-state index is 0.787. The van der Waals surface area contributed by atoms with Crippen molar-refractivity contribution in [2.75, 3.05) is 31.2 Å². The van der Waals surface area contributed by atoms with Gasteiger partial charge in [0.2, 0.25) is 5.69 Å². The summed E-state index contributed by atoms with van der Waals surface area (Å²) in [5.41, 5.74) is 4.59. The van der Waals surface area contributed by atoms with Gasteiger partial charge in [0.15, 0.2) is 12.4 Å². The van der Waals surface area contributed by atoms with Crippen molar-refractivity contribution in [3.05, 3.63) is 61.3 Å². The van der Waals surface area contributed by atoms with E-state index in [1.165, 1.54) is 5.69 Å². The Morgan fingerprint density at radius 3 is 2.55 bits per heavy atom. The first-order valence-corrected chi connectivity index (χ1v) is 7.56. The van der Waals surface area contributed by atoms with Gasteiger partial charge in [-0.3, -0.25) is 0 Å². The van der Waals surface area contributed by atoms with Crippen LogP contribution in [0, 0.1) is 0 Å². The Labute approximate surface area is 131 Å². The van der Waals surface area contributed by atoms with Gasteiger partial charge in [-0.1, -0.05) is 30.9 Å². The minimum Gasteiger partial charge on any atom is -0.378 e. The summed E-state index contributed by atoms with van der Waals surface area (Å²) in [6.07, 6.45) is 5.87. The van der Waals surface area contributed by atoms with E-state index >= 15 is 0 Å². The molecule has 0 spiro atoms. The zero-order chi connectivity index (χ0) is 15.4. The molecular formula is C19H21N2O+. The van der Waals surface area contributed by atoms with Crippen LogP contribution < -0.4 is 9.47 Å². The highest BCUT2D eigenvalue weighted by Gasteiger charge is 2.18. The maximum absolute atomic E-state index is 5.42. The van der Waals surface area contributed by atoms with Crippen LogP contribution in [-0.2, 0) is 4.74 Å². The molecule has 2 aromatic rings. The fourth-order valence-electron chi connectivity index (χ4n) is 2.80. The maximum atomic E-state index is 5.42. The lowest BCUT2D eigenvalue weighted by molar-refractivity contribution is -0.555. The average Bonchev–Trinajstić information content (AvgIpc) is 2.62. The first-order chi connectivity index (χ1) is 10.8. The number of ether oxygens (including phenoxy) is 1. The molecule has 112 valence electrons. The van der Waals surface area contributed by atoms with E-state index in [2.05, 4.69) is 53.1 Å². The summed E-state index contributed by atoms with van der Waals surface area (Å²) >= 11 is 0. The van der Waals surface area contributed by atoms with Crippen LogP contribution in [0.3, 0.4) is 0 Å². The van der Waals surface area contributed by atoms with E-state index < -0.39 is 0 Å². The fraction of sp³-hybridized carbons (Fsp3) is 0.211. The van der Waals surface area contributed by atoms with Crippen molar-refractivity contribution in [2.24, 2.45) is 0 Å². The van der Waals surface area contributed by atoms with E-state index in [1.807, 2.05) is 24.4 Å².